The lowest BCUT2D eigenvalue weighted by atomic mass is 10.1. The quantitative estimate of drug-likeness (QED) is 0.674. The molecule has 2 rings (SSSR count). The second kappa shape index (κ2) is 7.77. The van der Waals surface area contributed by atoms with Gasteiger partial charge >= 0.3 is 0 Å². The number of nitrogens with two attached hydrogens (primary N) is 1. The van der Waals surface area contributed by atoms with Gasteiger partial charge in [0.25, 0.3) is 5.91 Å². The van der Waals surface area contributed by atoms with E-state index in [0.717, 1.165) is 19.5 Å². The monoisotopic (exact) mass is 349 g/mol. The largest absolute Gasteiger partial charge is 0.496 e. The van der Waals surface area contributed by atoms with Crippen LogP contribution in [0.15, 0.2) is 23.1 Å². The van der Waals surface area contributed by atoms with Crippen molar-refractivity contribution in [3.8, 4) is 5.75 Å². The van der Waals surface area contributed by atoms with Gasteiger partial charge in [-0.3, -0.25) is 4.79 Å². The van der Waals surface area contributed by atoms with Crippen LogP contribution in [0.2, 0.25) is 0 Å². The maximum atomic E-state index is 12.2. The minimum atomic E-state index is -3.67. The molecule has 0 aliphatic carbocycles. The number of sulfonamides is 1. The highest BCUT2D eigenvalue weighted by atomic mass is 35.5. The highest BCUT2D eigenvalue weighted by Gasteiger charge is 2.21. The van der Waals surface area contributed by atoms with E-state index in [-0.39, 0.29) is 34.5 Å². The molecule has 1 saturated heterocycles. The first kappa shape index (κ1) is 18.7. The fourth-order valence-electron chi connectivity index (χ4n) is 2.25. The van der Waals surface area contributed by atoms with Crippen molar-refractivity contribution in [1.29, 1.82) is 0 Å². The summed E-state index contributed by atoms with van der Waals surface area (Å²) in [6, 6.07) is 4.04. The van der Waals surface area contributed by atoms with Crippen LogP contribution in [0.5, 0.6) is 5.75 Å². The van der Waals surface area contributed by atoms with Gasteiger partial charge < -0.3 is 15.8 Å². The van der Waals surface area contributed by atoms with Gasteiger partial charge in [-0.1, -0.05) is 0 Å². The number of benzene rings is 1. The topological polar surface area (TPSA) is 111 Å². The first-order valence-electron chi connectivity index (χ1n) is 6.62. The molecule has 0 aromatic heterocycles. The van der Waals surface area contributed by atoms with Crippen molar-refractivity contribution in [2.75, 3.05) is 26.7 Å². The standard InChI is InChI=1S/C13H19N3O4S.ClH/c1-20-12-3-2-10(6-11(12)13(14)17)21(18,19)16-8-9-4-5-15-7-9;/h2-3,6,9,15-16H,4-5,7-8H2,1H3,(H2,14,17);1H. The van der Waals surface area contributed by atoms with Crippen molar-refractivity contribution in [3.63, 3.8) is 0 Å². The van der Waals surface area contributed by atoms with Crippen molar-refractivity contribution >= 4 is 28.3 Å². The van der Waals surface area contributed by atoms with Gasteiger partial charge in [0, 0.05) is 6.54 Å². The highest BCUT2D eigenvalue weighted by Crippen LogP contribution is 2.22. The molecule has 1 aliphatic heterocycles. The zero-order valence-corrected chi connectivity index (χ0v) is 13.8. The average Bonchev–Trinajstić information content (AvgIpc) is 2.97. The molecule has 1 aromatic rings. The Labute approximate surface area is 136 Å². The Morgan fingerprint density at radius 1 is 1.50 bits per heavy atom. The van der Waals surface area contributed by atoms with E-state index in [1.165, 1.54) is 25.3 Å². The van der Waals surface area contributed by atoms with E-state index in [1.54, 1.807) is 0 Å². The Morgan fingerprint density at radius 2 is 2.23 bits per heavy atom. The van der Waals surface area contributed by atoms with Crippen LogP contribution >= 0.6 is 12.4 Å². The van der Waals surface area contributed by atoms with Gasteiger partial charge in [0.15, 0.2) is 0 Å². The third kappa shape index (κ3) is 4.33. The van der Waals surface area contributed by atoms with Gasteiger partial charge in [0.05, 0.1) is 17.6 Å². The molecular weight excluding hydrogens is 330 g/mol. The predicted octanol–water partition coefficient (Wildman–Crippen LogP) is 0.104. The smallest absolute Gasteiger partial charge is 0.252 e. The summed E-state index contributed by atoms with van der Waals surface area (Å²) < 4.78 is 32.0. The van der Waals surface area contributed by atoms with E-state index >= 15 is 0 Å². The SMILES string of the molecule is COc1ccc(S(=O)(=O)NCC2CCNC2)cc1C(N)=O.Cl. The number of nitrogens with one attached hydrogen (secondary N) is 2. The third-order valence-corrected chi connectivity index (χ3v) is 4.89. The van der Waals surface area contributed by atoms with Gasteiger partial charge in [0.1, 0.15) is 5.75 Å². The molecule has 22 heavy (non-hydrogen) atoms. The van der Waals surface area contributed by atoms with E-state index in [4.69, 9.17) is 10.5 Å². The molecule has 0 spiro atoms. The van der Waals surface area contributed by atoms with E-state index < -0.39 is 15.9 Å². The Hall–Kier alpha value is -1.35. The highest BCUT2D eigenvalue weighted by molar-refractivity contribution is 7.89. The number of carbonyl (C=O) groups excluding carboxylic acids is 1. The normalized spacial score (nSPS) is 17.8. The maximum absolute atomic E-state index is 12.2. The summed E-state index contributed by atoms with van der Waals surface area (Å²) >= 11 is 0. The number of ether oxygens (including phenoxy) is 1. The molecule has 0 radical (unpaired) electrons. The maximum Gasteiger partial charge on any atom is 0.252 e. The predicted molar refractivity (Wildman–Crippen MR) is 84.9 cm³/mol. The van der Waals surface area contributed by atoms with Crippen LogP contribution in [-0.4, -0.2) is 41.1 Å². The van der Waals surface area contributed by atoms with Crippen LogP contribution in [0.25, 0.3) is 0 Å². The van der Waals surface area contributed by atoms with Crippen molar-refractivity contribution < 1.29 is 17.9 Å². The van der Waals surface area contributed by atoms with Crippen LogP contribution in [0.4, 0.5) is 0 Å². The fraction of sp³-hybridized carbons (Fsp3) is 0.462. The average molecular weight is 350 g/mol. The Kier molecular flexibility index (Phi) is 6.61. The Morgan fingerprint density at radius 3 is 2.77 bits per heavy atom. The molecule has 124 valence electrons. The van der Waals surface area contributed by atoms with Crippen molar-refractivity contribution in [2.24, 2.45) is 11.7 Å². The van der Waals surface area contributed by atoms with Crippen molar-refractivity contribution in [3.05, 3.63) is 23.8 Å². The van der Waals surface area contributed by atoms with Crippen LogP contribution in [0.3, 0.4) is 0 Å². The zero-order valence-electron chi connectivity index (χ0n) is 12.2. The van der Waals surface area contributed by atoms with Gasteiger partial charge in [0.2, 0.25) is 10.0 Å². The molecule has 4 N–H and O–H groups in total. The molecule has 1 atom stereocenters. The number of methoxy groups -OCH3 is 1. The minimum Gasteiger partial charge on any atom is -0.496 e. The fourth-order valence-corrected chi connectivity index (χ4v) is 3.39. The number of carbonyl (C=O) groups is 1. The molecule has 0 saturated carbocycles. The number of amides is 1. The van der Waals surface area contributed by atoms with Crippen LogP contribution in [0, 0.1) is 5.92 Å². The molecule has 1 aliphatic rings. The van der Waals surface area contributed by atoms with E-state index in [2.05, 4.69) is 10.0 Å². The Bertz CT molecular complexity index is 630. The number of primary amides is 1. The van der Waals surface area contributed by atoms with E-state index in [0.29, 0.717) is 6.54 Å². The second-order valence-corrected chi connectivity index (χ2v) is 6.70. The van der Waals surface area contributed by atoms with Crippen LogP contribution in [0.1, 0.15) is 16.8 Å². The summed E-state index contributed by atoms with van der Waals surface area (Å²) in [7, 11) is -2.28. The van der Waals surface area contributed by atoms with Crippen molar-refractivity contribution in [2.45, 2.75) is 11.3 Å². The molecule has 1 amide bonds. The van der Waals surface area contributed by atoms with Gasteiger partial charge in [-0.05, 0) is 43.6 Å². The summed E-state index contributed by atoms with van der Waals surface area (Å²) in [6.07, 6.45) is 0.942. The third-order valence-electron chi connectivity index (χ3n) is 3.47. The summed E-state index contributed by atoms with van der Waals surface area (Å²) in [5.74, 6) is -0.195. The number of hydrogen-bond donors (Lipinski definition) is 3. The number of rotatable bonds is 6. The lowest BCUT2D eigenvalue weighted by Crippen LogP contribution is -2.30. The summed E-state index contributed by atoms with van der Waals surface area (Å²) in [5, 5.41) is 3.17. The summed E-state index contributed by atoms with van der Waals surface area (Å²) in [5.41, 5.74) is 5.28. The van der Waals surface area contributed by atoms with Gasteiger partial charge in [-0.25, -0.2) is 13.1 Å². The first-order valence-corrected chi connectivity index (χ1v) is 8.10. The molecule has 1 aromatic carbocycles. The lowest BCUT2D eigenvalue weighted by molar-refractivity contribution is 0.0997. The van der Waals surface area contributed by atoms with Gasteiger partial charge in [-0.15, -0.1) is 12.4 Å². The Balaban J connectivity index is 0.00000242. The zero-order chi connectivity index (χ0) is 15.5. The summed E-state index contributed by atoms with van der Waals surface area (Å²) in [6.45, 7) is 2.08. The van der Waals surface area contributed by atoms with Crippen molar-refractivity contribution in [1.82, 2.24) is 10.0 Å². The van der Waals surface area contributed by atoms with E-state index in [1.807, 2.05) is 0 Å². The molecule has 0 bridgehead atoms. The molecule has 7 nitrogen and oxygen atoms in total. The van der Waals surface area contributed by atoms with Crippen LogP contribution in [-0.2, 0) is 10.0 Å². The van der Waals surface area contributed by atoms with Gasteiger partial charge in [-0.2, -0.15) is 0 Å². The van der Waals surface area contributed by atoms with Crippen LogP contribution < -0.4 is 20.5 Å². The lowest BCUT2D eigenvalue weighted by Gasteiger charge is -2.12. The van der Waals surface area contributed by atoms with E-state index in [9.17, 15) is 13.2 Å². The second-order valence-electron chi connectivity index (χ2n) is 4.94. The summed E-state index contributed by atoms with van der Waals surface area (Å²) in [4.78, 5) is 11.3. The number of hydrogen-bond acceptors (Lipinski definition) is 5. The molecule has 1 heterocycles. The minimum absolute atomic E-state index is 0. The molecule has 1 fully saturated rings. The molecular formula is C13H20ClN3O4S. The number of halogens is 1. The molecule has 1 unspecified atom stereocenters. The molecule has 9 heteroatoms. The first-order chi connectivity index (χ1) is 9.94.